The van der Waals surface area contributed by atoms with Crippen molar-refractivity contribution in [3.63, 3.8) is 0 Å². The molecule has 19 heavy (non-hydrogen) atoms. The third-order valence-electron chi connectivity index (χ3n) is 2.78. The van der Waals surface area contributed by atoms with Crippen LogP contribution in [0.5, 0.6) is 0 Å². The van der Waals surface area contributed by atoms with Crippen LogP contribution in [0.15, 0.2) is 30.3 Å². The van der Waals surface area contributed by atoms with E-state index < -0.39 is 0 Å². The lowest BCUT2D eigenvalue weighted by Crippen LogP contribution is -2.07. The molecule has 0 aliphatic heterocycles. The minimum atomic E-state index is -0.284. The molecule has 102 valence electrons. The zero-order valence-electron chi connectivity index (χ0n) is 11.3. The molecular formula is C15H17ClFNS. The van der Waals surface area contributed by atoms with Gasteiger partial charge >= 0.3 is 0 Å². The average molecular weight is 298 g/mol. The molecule has 0 amide bonds. The zero-order chi connectivity index (χ0) is 14.0. The van der Waals surface area contributed by atoms with Crippen molar-refractivity contribution in [2.45, 2.75) is 32.7 Å². The summed E-state index contributed by atoms with van der Waals surface area (Å²) in [4.78, 5) is 2.56. The molecule has 0 bridgehead atoms. The van der Waals surface area contributed by atoms with Crippen molar-refractivity contribution in [1.29, 1.82) is 0 Å². The SMILES string of the molecule is CC(C)(C)c1ccc(CNc2cc(F)ccc2Cl)s1. The second-order valence-electron chi connectivity index (χ2n) is 5.49. The molecule has 0 aliphatic rings. The summed E-state index contributed by atoms with van der Waals surface area (Å²) in [6.45, 7) is 7.24. The summed E-state index contributed by atoms with van der Waals surface area (Å²) in [5.74, 6) is -0.284. The third-order valence-corrected chi connectivity index (χ3v) is 4.62. The predicted molar refractivity (Wildman–Crippen MR) is 81.8 cm³/mol. The van der Waals surface area contributed by atoms with Crippen LogP contribution in [0.2, 0.25) is 5.02 Å². The summed E-state index contributed by atoms with van der Waals surface area (Å²) in [5, 5.41) is 3.71. The van der Waals surface area contributed by atoms with Crippen LogP contribution in [0.4, 0.5) is 10.1 Å². The summed E-state index contributed by atoms with van der Waals surface area (Å²) >= 11 is 7.78. The number of thiophene rings is 1. The van der Waals surface area contributed by atoms with E-state index in [4.69, 9.17) is 11.6 Å². The Kier molecular flexibility index (Phi) is 4.16. The van der Waals surface area contributed by atoms with E-state index in [9.17, 15) is 4.39 Å². The van der Waals surface area contributed by atoms with Crippen molar-refractivity contribution >= 4 is 28.6 Å². The molecule has 0 unspecified atom stereocenters. The van der Waals surface area contributed by atoms with Crippen molar-refractivity contribution in [1.82, 2.24) is 0 Å². The van der Waals surface area contributed by atoms with Gasteiger partial charge in [-0.1, -0.05) is 32.4 Å². The van der Waals surface area contributed by atoms with Crippen molar-refractivity contribution in [2.24, 2.45) is 0 Å². The minimum absolute atomic E-state index is 0.166. The van der Waals surface area contributed by atoms with Gasteiger partial charge in [0.15, 0.2) is 0 Å². The molecule has 0 saturated carbocycles. The summed E-state index contributed by atoms with van der Waals surface area (Å²) in [6, 6.07) is 8.59. The Balaban J connectivity index is 2.06. The van der Waals surface area contributed by atoms with Gasteiger partial charge in [0, 0.05) is 16.3 Å². The molecule has 0 aliphatic carbocycles. The summed E-state index contributed by atoms with van der Waals surface area (Å²) in [5.41, 5.74) is 0.798. The van der Waals surface area contributed by atoms with Crippen LogP contribution in [-0.2, 0) is 12.0 Å². The van der Waals surface area contributed by atoms with Gasteiger partial charge in [0.2, 0.25) is 0 Å². The summed E-state index contributed by atoms with van der Waals surface area (Å²) < 4.78 is 13.1. The van der Waals surface area contributed by atoms with Crippen molar-refractivity contribution in [3.05, 3.63) is 50.9 Å². The van der Waals surface area contributed by atoms with E-state index in [1.54, 1.807) is 17.4 Å². The first-order valence-corrected chi connectivity index (χ1v) is 7.34. The van der Waals surface area contributed by atoms with Gasteiger partial charge in [-0.15, -0.1) is 11.3 Å². The van der Waals surface area contributed by atoms with Crippen LogP contribution in [0, 0.1) is 5.82 Å². The molecule has 1 aromatic heterocycles. The second-order valence-corrected chi connectivity index (χ2v) is 7.07. The Hall–Kier alpha value is -1.06. The highest BCUT2D eigenvalue weighted by Crippen LogP contribution is 2.30. The van der Waals surface area contributed by atoms with Crippen LogP contribution in [0.25, 0.3) is 0 Å². The van der Waals surface area contributed by atoms with Gasteiger partial charge in [-0.2, -0.15) is 0 Å². The standard InChI is InChI=1S/C15H17ClFNS/c1-15(2,3)14-7-5-11(19-14)9-18-13-8-10(17)4-6-12(13)16/h4-8,18H,9H2,1-3H3. The fraction of sp³-hybridized carbons (Fsp3) is 0.333. The Morgan fingerprint density at radius 1 is 1.21 bits per heavy atom. The Labute approximate surface area is 122 Å². The van der Waals surface area contributed by atoms with Crippen LogP contribution in [-0.4, -0.2) is 0 Å². The number of halogens is 2. The first kappa shape index (κ1) is 14.4. The monoisotopic (exact) mass is 297 g/mol. The molecule has 0 spiro atoms. The number of nitrogens with one attached hydrogen (secondary N) is 1. The Morgan fingerprint density at radius 2 is 1.95 bits per heavy atom. The third kappa shape index (κ3) is 3.71. The van der Waals surface area contributed by atoms with Crippen LogP contribution < -0.4 is 5.32 Å². The van der Waals surface area contributed by atoms with E-state index >= 15 is 0 Å². The molecule has 1 aromatic carbocycles. The Morgan fingerprint density at radius 3 is 2.58 bits per heavy atom. The molecule has 0 atom stereocenters. The highest BCUT2D eigenvalue weighted by molar-refractivity contribution is 7.12. The van der Waals surface area contributed by atoms with Crippen molar-refractivity contribution in [2.75, 3.05) is 5.32 Å². The summed E-state index contributed by atoms with van der Waals surface area (Å²) in [6.07, 6.45) is 0. The van der Waals surface area contributed by atoms with Crippen LogP contribution in [0.1, 0.15) is 30.5 Å². The van der Waals surface area contributed by atoms with Crippen molar-refractivity contribution < 1.29 is 4.39 Å². The molecule has 2 aromatic rings. The first-order chi connectivity index (χ1) is 8.86. The van der Waals surface area contributed by atoms with Crippen LogP contribution >= 0.6 is 22.9 Å². The topological polar surface area (TPSA) is 12.0 Å². The number of rotatable bonds is 3. The molecular weight excluding hydrogens is 281 g/mol. The smallest absolute Gasteiger partial charge is 0.125 e. The predicted octanol–water partition coefficient (Wildman–Crippen LogP) is 5.45. The van der Waals surface area contributed by atoms with E-state index in [0.717, 1.165) is 0 Å². The number of benzene rings is 1. The lowest BCUT2D eigenvalue weighted by atomic mass is 9.95. The number of hydrogen-bond donors (Lipinski definition) is 1. The molecule has 1 heterocycles. The Bertz CT molecular complexity index is 572. The first-order valence-electron chi connectivity index (χ1n) is 6.14. The normalized spacial score (nSPS) is 11.6. The molecule has 2 rings (SSSR count). The maximum atomic E-state index is 13.1. The lowest BCUT2D eigenvalue weighted by Gasteiger charge is -2.15. The van der Waals surface area contributed by atoms with Gasteiger partial charge in [-0.05, 0) is 35.7 Å². The molecule has 4 heteroatoms. The molecule has 1 nitrogen and oxygen atoms in total. The molecule has 1 N–H and O–H groups in total. The fourth-order valence-corrected chi connectivity index (χ4v) is 2.88. The van der Waals surface area contributed by atoms with E-state index in [0.29, 0.717) is 17.3 Å². The second kappa shape index (κ2) is 5.51. The van der Waals surface area contributed by atoms with Gasteiger partial charge < -0.3 is 5.32 Å². The van der Waals surface area contributed by atoms with E-state index in [-0.39, 0.29) is 11.2 Å². The highest BCUT2D eigenvalue weighted by Gasteiger charge is 2.15. The van der Waals surface area contributed by atoms with E-state index in [1.807, 2.05) is 0 Å². The zero-order valence-corrected chi connectivity index (χ0v) is 12.8. The molecule has 0 radical (unpaired) electrons. The number of anilines is 1. The maximum Gasteiger partial charge on any atom is 0.125 e. The van der Waals surface area contributed by atoms with Gasteiger partial charge in [-0.3, -0.25) is 0 Å². The molecule has 0 fully saturated rings. The average Bonchev–Trinajstić information content (AvgIpc) is 2.79. The van der Waals surface area contributed by atoms with Crippen molar-refractivity contribution in [3.8, 4) is 0 Å². The van der Waals surface area contributed by atoms with Gasteiger partial charge in [0.25, 0.3) is 0 Å². The maximum absolute atomic E-state index is 13.1. The van der Waals surface area contributed by atoms with Gasteiger partial charge in [0.05, 0.1) is 10.7 Å². The largest absolute Gasteiger partial charge is 0.379 e. The lowest BCUT2D eigenvalue weighted by molar-refractivity contribution is 0.604. The number of hydrogen-bond acceptors (Lipinski definition) is 2. The van der Waals surface area contributed by atoms with Gasteiger partial charge in [0.1, 0.15) is 5.82 Å². The molecule has 0 saturated heterocycles. The van der Waals surface area contributed by atoms with Crippen LogP contribution in [0.3, 0.4) is 0 Å². The van der Waals surface area contributed by atoms with Gasteiger partial charge in [-0.25, -0.2) is 4.39 Å². The quantitative estimate of drug-likeness (QED) is 0.794. The fourth-order valence-electron chi connectivity index (χ4n) is 1.69. The van der Waals surface area contributed by atoms with E-state index in [1.165, 1.54) is 21.9 Å². The summed E-state index contributed by atoms with van der Waals surface area (Å²) in [7, 11) is 0. The highest BCUT2D eigenvalue weighted by atomic mass is 35.5. The minimum Gasteiger partial charge on any atom is -0.379 e. The van der Waals surface area contributed by atoms with E-state index in [2.05, 4.69) is 38.2 Å².